The fourth-order valence-corrected chi connectivity index (χ4v) is 1.70. The van der Waals surface area contributed by atoms with Crippen molar-refractivity contribution in [3.8, 4) is 0 Å². The van der Waals surface area contributed by atoms with Gasteiger partial charge in [0.2, 0.25) is 0 Å². The molecule has 2 aromatic rings. The average molecular weight is 273 g/mol. The highest BCUT2D eigenvalue weighted by atomic mass is 32.1. The topological polar surface area (TPSA) is 49.6 Å². The monoisotopic (exact) mass is 273 g/mol. The minimum Gasteiger partial charge on any atom is -0.460 e. The second kappa shape index (κ2) is 6.15. The summed E-state index contributed by atoms with van der Waals surface area (Å²) in [6.07, 6.45) is 1.58. The SMILES string of the molecule is Cc1ccc(/C=N\NC(=S)Nc2ccccc2C)o1. The first-order valence-electron chi connectivity index (χ1n) is 5.87. The molecule has 0 aliphatic rings. The van der Waals surface area contributed by atoms with Crippen LogP contribution in [0.15, 0.2) is 45.9 Å². The standard InChI is InChI=1S/C14H15N3OS/c1-10-5-3-4-6-13(10)16-14(19)17-15-9-12-8-7-11(2)18-12/h3-9H,1-2H3,(H2,16,17,19)/b15-9-. The van der Waals surface area contributed by atoms with E-state index in [1.54, 1.807) is 6.21 Å². The summed E-state index contributed by atoms with van der Waals surface area (Å²) >= 11 is 5.15. The Morgan fingerprint density at radius 2 is 2.00 bits per heavy atom. The zero-order chi connectivity index (χ0) is 13.7. The number of aryl methyl sites for hydroxylation is 2. The summed E-state index contributed by atoms with van der Waals surface area (Å²) in [5, 5.41) is 7.52. The molecule has 0 aliphatic heterocycles. The Kier molecular flexibility index (Phi) is 4.30. The molecule has 0 radical (unpaired) electrons. The predicted octanol–water partition coefficient (Wildman–Crippen LogP) is 3.22. The first-order valence-corrected chi connectivity index (χ1v) is 6.28. The maximum atomic E-state index is 5.35. The van der Waals surface area contributed by atoms with E-state index in [9.17, 15) is 0 Å². The highest BCUT2D eigenvalue weighted by Crippen LogP contribution is 2.12. The smallest absolute Gasteiger partial charge is 0.191 e. The summed E-state index contributed by atoms with van der Waals surface area (Å²) in [6.45, 7) is 3.90. The van der Waals surface area contributed by atoms with Crippen molar-refractivity contribution in [2.75, 3.05) is 5.32 Å². The van der Waals surface area contributed by atoms with Gasteiger partial charge in [-0.1, -0.05) is 18.2 Å². The molecule has 0 aliphatic carbocycles. The molecule has 1 aromatic heterocycles. The Morgan fingerprint density at radius 1 is 1.21 bits per heavy atom. The number of nitrogens with zero attached hydrogens (tertiary/aromatic N) is 1. The van der Waals surface area contributed by atoms with Crippen molar-refractivity contribution < 1.29 is 4.42 Å². The molecule has 0 saturated carbocycles. The van der Waals surface area contributed by atoms with Gasteiger partial charge < -0.3 is 9.73 Å². The van der Waals surface area contributed by atoms with Gasteiger partial charge in [-0.25, -0.2) is 0 Å². The van der Waals surface area contributed by atoms with E-state index in [2.05, 4.69) is 15.8 Å². The van der Waals surface area contributed by atoms with Crippen molar-refractivity contribution in [2.24, 2.45) is 5.10 Å². The van der Waals surface area contributed by atoms with Crippen molar-refractivity contribution in [2.45, 2.75) is 13.8 Å². The van der Waals surface area contributed by atoms with E-state index < -0.39 is 0 Å². The number of hydrazone groups is 1. The maximum Gasteiger partial charge on any atom is 0.191 e. The molecule has 0 spiro atoms. The Labute approximate surface area is 117 Å². The lowest BCUT2D eigenvalue weighted by atomic mass is 10.2. The molecule has 5 heteroatoms. The number of para-hydroxylation sites is 1. The largest absolute Gasteiger partial charge is 0.460 e. The van der Waals surface area contributed by atoms with Crippen molar-refractivity contribution >= 4 is 29.2 Å². The lowest BCUT2D eigenvalue weighted by Gasteiger charge is -2.08. The van der Waals surface area contributed by atoms with Gasteiger partial charge in [0, 0.05) is 5.69 Å². The Bertz CT molecular complexity index is 604. The summed E-state index contributed by atoms with van der Waals surface area (Å²) in [5.41, 5.74) is 4.83. The molecular weight excluding hydrogens is 258 g/mol. The van der Waals surface area contributed by atoms with E-state index in [1.807, 2.05) is 50.2 Å². The fourth-order valence-electron chi connectivity index (χ4n) is 1.54. The predicted molar refractivity (Wildman–Crippen MR) is 81.6 cm³/mol. The first-order chi connectivity index (χ1) is 9.15. The molecular formula is C14H15N3OS. The number of hydrogen-bond acceptors (Lipinski definition) is 3. The second-order valence-electron chi connectivity index (χ2n) is 4.09. The molecule has 98 valence electrons. The van der Waals surface area contributed by atoms with E-state index in [0.29, 0.717) is 10.9 Å². The van der Waals surface area contributed by atoms with Gasteiger partial charge in [0.25, 0.3) is 0 Å². The van der Waals surface area contributed by atoms with Gasteiger partial charge in [0.05, 0.1) is 6.21 Å². The molecule has 2 rings (SSSR count). The van der Waals surface area contributed by atoms with Gasteiger partial charge in [-0.05, 0) is 49.8 Å². The van der Waals surface area contributed by atoms with Gasteiger partial charge in [0.1, 0.15) is 11.5 Å². The molecule has 1 heterocycles. The molecule has 1 aromatic carbocycles. The summed E-state index contributed by atoms with van der Waals surface area (Å²) < 4.78 is 5.35. The van der Waals surface area contributed by atoms with Crippen molar-refractivity contribution in [1.29, 1.82) is 0 Å². The van der Waals surface area contributed by atoms with Crippen LogP contribution in [-0.4, -0.2) is 11.3 Å². The summed E-state index contributed by atoms with van der Waals surface area (Å²) in [4.78, 5) is 0. The first kappa shape index (κ1) is 13.3. The van der Waals surface area contributed by atoms with E-state index in [1.165, 1.54) is 0 Å². The average Bonchev–Trinajstić information content (AvgIpc) is 2.78. The van der Waals surface area contributed by atoms with Gasteiger partial charge >= 0.3 is 0 Å². The van der Waals surface area contributed by atoms with Crippen LogP contribution in [0.25, 0.3) is 0 Å². The lowest BCUT2D eigenvalue weighted by molar-refractivity contribution is 0.527. The molecule has 4 nitrogen and oxygen atoms in total. The highest BCUT2D eigenvalue weighted by molar-refractivity contribution is 7.80. The van der Waals surface area contributed by atoms with Crippen molar-refractivity contribution in [1.82, 2.24) is 5.43 Å². The van der Waals surface area contributed by atoms with Crippen LogP contribution in [0.3, 0.4) is 0 Å². The summed E-state index contributed by atoms with van der Waals surface area (Å²) in [7, 11) is 0. The third kappa shape index (κ3) is 3.93. The number of rotatable bonds is 3. The minimum atomic E-state index is 0.439. The quantitative estimate of drug-likeness (QED) is 0.512. The molecule has 0 amide bonds. The summed E-state index contributed by atoms with van der Waals surface area (Å²) in [5.74, 6) is 1.53. The molecule has 2 N–H and O–H groups in total. The zero-order valence-electron chi connectivity index (χ0n) is 10.8. The van der Waals surface area contributed by atoms with Crippen LogP contribution >= 0.6 is 12.2 Å². The molecule has 0 fully saturated rings. The van der Waals surface area contributed by atoms with Crippen LogP contribution in [0.4, 0.5) is 5.69 Å². The van der Waals surface area contributed by atoms with Gasteiger partial charge in [-0.2, -0.15) is 5.10 Å². The van der Waals surface area contributed by atoms with Gasteiger partial charge in [-0.15, -0.1) is 0 Å². The van der Waals surface area contributed by atoms with Crippen LogP contribution < -0.4 is 10.7 Å². The summed E-state index contributed by atoms with van der Waals surface area (Å²) in [6, 6.07) is 11.6. The molecule has 19 heavy (non-hydrogen) atoms. The molecule has 0 bridgehead atoms. The van der Waals surface area contributed by atoms with E-state index >= 15 is 0 Å². The lowest BCUT2D eigenvalue weighted by Crippen LogP contribution is -2.24. The Hall–Kier alpha value is -2.14. The fraction of sp³-hybridized carbons (Fsp3) is 0.143. The number of hydrogen-bond donors (Lipinski definition) is 2. The zero-order valence-corrected chi connectivity index (χ0v) is 11.6. The minimum absolute atomic E-state index is 0.439. The highest BCUT2D eigenvalue weighted by Gasteiger charge is 1.99. The van der Waals surface area contributed by atoms with Crippen LogP contribution in [0, 0.1) is 13.8 Å². The third-order valence-electron chi connectivity index (χ3n) is 2.51. The number of thiocarbonyl (C=S) groups is 1. The van der Waals surface area contributed by atoms with Crippen LogP contribution in [0.5, 0.6) is 0 Å². The number of furan rings is 1. The Balaban J connectivity index is 1.88. The molecule has 0 unspecified atom stereocenters. The molecule has 0 atom stereocenters. The molecule has 0 saturated heterocycles. The Morgan fingerprint density at radius 3 is 2.68 bits per heavy atom. The van der Waals surface area contributed by atoms with Crippen molar-refractivity contribution in [3.05, 3.63) is 53.5 Å². The third-order valence-corrected chi connectivity index (χ3v) is 2.71. The van der Waals surface area contributed by atoms with Gasteiger partial charge in [-0.3, -0.25) is 5.43 Å². The van der Waals surface area contributed by atoms with E-state index in [0.717, 1.165) is 17.0 Å². The number of benzene rings is 1. The number of anilines is 1. The number of nitrogens with one attached hydrogen (secondary N) is 2. The maximum absolute atomic E-state index is 5.35. The van der Waals surface area contributed by atoms with Gasteiger partial charge in [0.15, 0.2) is 5.11 Å². The van der Waals surface area contributed by atoms with Crippen LogP contribution in [-0.2, 0) is 0 Å². The van der Waals surface area contributed by atoms with Crippen LogP contribution in [0.1, 0.15) is 17.1 Å². The van der Waals surface area contributed by atoms with Crippen LogP contribution in [0.2, 0.25) is 0 Å². The van der Waals surface area contributed by atoms with Crippen molar-refractivity contribution in [3.63, 3.8) is 0 Å². The second-order valence-corrected chi connectivity index (χ2v) is 4.50. The van der Waals surface area contributed by atoms with E-state index in [4.69, 9.17) is 16.6 Å². The van der Waals surface area contributed by atoms with E-state index in [-0.39, 0.29) is 0 Å². The normalized spacial score (nSPS) is 10.6.